The average molecular weight is 269 g/mol. The molecule has 2 N–H and O–H groups in total. The van der Waals surface area contributed by atoms with E-state index >= 15 is 0 Å². The second-order valence-corrected chi connectivity index (χ2v) is 5.86. The van der Waals surface area contributed by atoms with E-state index in [1.807, 2.05) is 18.2 Å². The number of ether oxygens (including phenoxy) is 1. The Balaban J connectivity index is 2.12. The molecule has 0 saturated carbocycles. The van der Waals surface area contributed by atoms with Gasteiger partial charge in [0.05, 0.1) is 12.7 Å². The van der Waals surface area contributed by atoms with Gasteiger partial charge in [-0.05, 0) is 25.5 Å². The minimum atomic E-state index is 0.0187. The fourth-order valence-corrected chi connectivity index (χ4v) is 2.41. The molecule has 0 aliphatic carbocycles. The molecule has 1 heterocycles. The highest BCUT2D eigenvalue weighted by atomic mass is 35.5. The quantitative estimate of drug-likeness (QED) is 0.914. The molecular weight excluding hydrogens is 248 g/mol. The van der Waals surface area contributed by atoms with Crippen LogP contribution in [0, 0.1) is 0 Å². The van der Waals surface area contributed by atoms with E-state index < -0.39 is 0 Å². The Morgan fingerprint density at radius 3 is 2.83 bits per heavy atom. The van der Waals surface area contributed by atoms with Crippen LogP contribution in [-0.2, 0) is 11.3 Å². The van der Waals surface area contributed by atoms with Gasteiger partial charge in [-0.2, -0.15) is 0 Å². The number of hydrogen-bond acceptors (Lipinski definition) is 3. The predicted octanol–water partition coefficient (Wildman–Crippen LogP) is 2.28. The van der Waals surface area contributed by atoms with Crippen LogP contribution in [0.1, 0.15) is 19.4 Å². The number of morpholine rings is 1. The molecule has 18 heavy (non-hydrogen) atoms. The zero-order valence-corrected chi connectivity index (χ0v) is 11.8. The Kier molecular flexibility index (Phi) is 4.28. The Labute approximate surface area is 114 Å². The van der Waals surface area contributed by atoms with Crippen molar-refractivity contribution in [3.8, 4) is 0 Å². The summed E-state index contributed by atoms with van der Waals surface area (Å²) in [6.45, 7) is 7.35. The number of benzene rings is 1. The summed E-state index contributed by atoms with van der Waals surface area (Å²) in [5, 5.41) is 0.823. The largest absolute Gasteiger partial charge is 0.374 e. The fraction of sp³-hybridized carbons (Fsp3) is 0.571. The molecule has 0 spiro atoms. The summed E-state index contributed by atoms with van der Waals surface area (Å²) in [6.07, 6.45) is 0.125. The molecule has 0 bridgehead atoms. The summed E-state index contributed by atoms with van der Waals surface area (Å²) in [7, 11) is 0. The SMILES string of the molecule is CC1(C)COC(CN)CN1Cc1ccccc1Cl. The van der Waals surface area contributed by atoms with Gasteiger partial charge < -0.3 is 10.5 Å². The number of nitrogens with two attached hydrogens (primary N) is 1. The molecule has 1 fully saturated rings. The first-order chi connectivity index (χ1) is 8.53. The van der Waals surface area contributed by atoms with Crippen molar-refractivity contribution in [1.82, 2.24) is 4.90 Å². The van der Waals surface area contributed by atoms with Crippen LogP contribution in [0.25, 0.3) is 0 Å². The smallest absolute Gasteiger partial charge is 0.0825 e. The van der Waals surface area contributed by atoms with Crippen LogP contribution in [0.5, 0.6) is 0 Å². The van der Waals surface area contributed by atoms with E-state index in [0.29, 0.717) is 13.2 Å². The van der Waals surface area contributed by atoms with Gasteiger partial charge in [0, 0.05) is 30.2 Å². The lowest BCUT2D eigenvalue weighted by Gasteiger charge is -2.45. The third-order valence-electron chi connectivity index (χ3n) is 3.53. The summed E-state index contributed by atoms with van der Waals surface area (Å²) in [5.41, 5.74) is 6.88. The van der Waals surface area contributed by atoms with Gasteiger partial charge >= 0.3 is 0 Å². The molecule has 1 unspecified atom stereocenters. The first kappa shape index (κ1) is 13.8. The van der Waals surface area contributed by atoms with Crippen LogP contribution in [0.15, 0.2) is 24.3 Å². The summed E-state index contributed by atoms with van der Waals surface area (Å²) in [5.74, 6) is 0. The van der Waals surface area contributed by atoms with Crippen molar-refractivity contribution in [3.05, 3.63) is 34.9 Å². The van der Waals surface area contributed by atoms with Crippen LogP contribution in [0.3, 0.4) is 0 Å². The van der Waals surface area contributed by atoms with Crippen molar-refractivity contribution in [2.45, 2.75) is 32.0 Å². The maximum atomic E-state index is 6.22. The second kappa shape index (κ2) is 5.57. The van der Waals surface area contributed by atoms with Crippen LogP contribution < -0.4 is 5.73 Å². The van der Waals surface area contributed by atoms with Gasteiger partial charge in [-0.1, -0.05) is 29.8 Å². The van der Waals surface area contributed by atoms with Crippen molar-refractivity contribution in [3.63, 3.8) is 0 Å². The lowest BCUT2D eigenvalue weighted by atomic mass is 9.99. The molecule has 0 aromatic heterocycles. The Morgan fingerprint density at radius 2 is 2.17 bits per heavy atom. The van der Waals surface area contributed by atoms with Crippen molar-refractivity contribution >= 4 is 11.6 Å². The highest BCUT2D eigenvalue weighted by Gasteiger charge is 2.34. The Morgan fingerprint density at radius 1 is 1.44 bits per heavy atom. The van der Waals surface area contributed by atoms with Gasteiger partial charge in [0.15, 0.2) is 0 Å². The number of nitrogens with zero attached hydrogens (tertiary/aromatic N) is 1. The lowest BCUT2D eigenvalue weighted by molar-refractivity contribution is -0.0981. The molecule has 1 aliphatic rings. The molecule has 1 saturated heterocycles. The molecule has 1 atom stereocenters. The van der Waals surface area contributed by atoms with Crippen LogP contribution in [-0.4, -0.2) is 36.2 Å². The first-order valence-electron chi connectivity index (χ1n) is 6.33. The van der Waals surface area contributed by atoms with Crippen LogP contribution in [0.2, 0.25) is 5.02 Å². The number of rotatable bonds is 3. The Bertz CT molecular complexity index is 409. The van der Waals surface area contributed by atoms with Crippen molar-refractivity contribution in [1.29, 1.82) is 0 Å². The molecule has 1 aliphatic heterocycles. The van der Waals surface area contributed by atoms with E-state index in [1.165, 1.54) is 0 Å². The van der Waals surface area contributed by atoms with E-state index in [2.05, 4.69) is 24.8 Å². The lowest BCUT2D eigenvalue weighted by Crippen LogP contribution is -2.57. The third kappa shape index (κ3) is 3.04. The van der Waals surface area contributed by atoms with Gasteiger partial charge in [0.1, 0.15) is 0 Å². The molecule has 4 heteroatoms. The first-order valence-corrected chi connectivity index (χ1v) is 6.71. The molecule has 2 rings (SSSR count). The van der Waals surface area contributed by atoms with Crippen molar-refractivity contribution < 1.29 is 4.74 Å². The monoisotopic (exact) mass is 268 g/mol. The molecular formula is C14H21ClN2O. The van der Waals surface area contributed by atoms with Gasteiger partial charge in [-0.3, -0.25) is 4.90 Å². The molecule has 100 valence electrons. The molecule has 1 aromatic carbocycles. The number of hydrogen-bond donors (Lipinski definition) is 1. The van der Waals surface area contributed by atoms with Crippen molar-refractivity contribution in [2.75, 3.05) is 19.7 Å². The summed E-state index contributed by atoms with van der Waals surface area (Å²) >= 11 is 6.22. The van der Waals surface area contributed by atoms with E-state index in [9.17, 15) is 0 Å². The maximum absolute atomic E-state index is 6.22. The highest BCUT2D eigenvalue weighted by Crippen LogP contribution is 2.26. The molecule has 3 nitrogen and oxygen atoms in total. The average Bonchev–Trinajstić information content (AvgIpc) is 2.34. The zero-order valence-electron chi connectivity index (χ0n) is 11.0. The molecule has 1 aromatic rings. The standard InChI is InChI=1S/C14H21ClN2O/c1-14(2)10-18-12(7-16)9-17(14)8-11-5-3-4-6-13(11)15/h3-6,12H,7-10,16H2,1-2H3. The van der Waals surface area contributed by atoms with Gasteiger partial charge in [0.2, 0.25) is 0 Å². The maximum Gasteiger partial charge on any atom is 0.0825 e. The normalized spacial score (nSPS) is 24.1. The zero-order chi connectivity index (χ0) is 13.2. The fourth-order valence-electron chi connectivity index (χ4n) is 2.21. The third-order valence-corrected chi connectivity index (χ3v) is 3.90. The molecule has 0 amide bonds. The van der Waals surface area contributed by atoms with E-state index in [-0.39, 0.29) is 11.6 Å². The topological polar surface area (TPSA) is 38.5 Å². The van der Waals surface area contributed by atoms with E-state index in [1.54, 1.807) is 0 Å². The van der Waals surface area contributed by atoms with Gasteiger partial charge in [-0.15, -0.1) is 0 Å². The summed E-state index contributed by atoms with van der Waals surface area (Å²) < 4.78 is 5.74. The number of halogens is 1. The second-order valence-electron chi connectivity index (χ2n) is 5.45. The van der Waals surface area contributed by atoms with Gasteiger partial charge in [0.25, 0.3) is 0 Å². The summed E-state index contributed by atoms with van der Waals surface area (Å²) in [6, 6.07) is 7.99. The minimum Gasteiger partial charge on any atom is -0.374 e. The van der Waals surface area contributed by atoms with E-state index in [4.69, 9.17) is 22.1 Å². The summed E-state index contributed by atoms with van der Waals surface area (Å²) in [4.78, 5) is 2.40. The highest BCUT2D eigenvalue weighted by molar-refractivity contribution is 6.31. The minimum absolute atomic E-state index is 0.0187. The van der Waals surface area contributed by atoms with Gasteiger partial charge in [-0.25, -0.2) is 0 Å². The van der Waals surface area contributed by atoms with Crippen molar-refractivity contribution in [2.24, 2.45) is 5.73 Å². The van der Waals surface area contributed by atoms with Crippen LogP contribution >= 0.6 is 11.6 Å². The molecule has 0 radical (unpaired) electrons. The predicted molar refractivity (Wildman–Crippen MR) is 74.7 cm³/mol. The Hall–Kier alpha value is -0.610. The van der Waals surface area contributed by atoms with E-state index in [0.717, 1.165) is 23.7 Å². The van der Waals surface area contributed by atoms with Crippen LogP contribution in [0.4, 0.5) is 0 Å².